The van der Waals surface area contributed by atoms with Crippen molar-refractivity contribution in [1.29, 1.82) is 0 Å². The zero-order valence-electron chi connectivity index (χ0n) is 15.5. The molecule has 0 spiro atoms. The van der Waals surface area contributed by atoms with Crippen LogP contribution in [-0.2, 0) is 12.3 Å². The third-order valence-corrected chi connectivity index (χ3v) is 5.79. The van der Waals surface area contributed by atoms with Crippen LogP contribution in [0.25, 0.3) is 0 Å². The van der Waals surface area contributed by atoms with Crippen LogP contribution in [0.5, 0.6) is 0 Å². The van der Waals surface area contributed by atoms with Crippen LogP contribution in [0.15, 0.2) is 66.1 Å². The van der Waals surface area contributed by atoms with Gasteiger partial charge < -0.3 is 5.32 Å². The van der Waals surface area contributed by atoms with Gasteiger partial charge in [-0.05, 0) is 29.7 Å². The molecule has 0 bridgehead atoms. The number of amides is 1. The highest BCUT2D eigenvalue weighted by Gasteiger charge is 2.24. The van der Waals surface area contributed by atoms with Gasteiger partial charge in [-0.1, -0.05) is 54.2 Å². The molecule has 0 aliphatic carbocycles. The fraction of sp³-hybridized carbons (Fsp3) is 0.286. The predicted octanol–water partition coefficient (Wildman–Crippen LogP) is 3.10. The average molecular weight is 394 g/mol. The number of aromatic amines is 1. The highest BCUT2D eigenvalue weighted by Crippen LogP contribution is 2.19. The van der Waals surface area contributed by atoms with Crippen LogP contribution < -0.4 is 5.32 Å². The fourth-order valence-electron chi connectivity index (χ4n) is 3.37. The first kappa shape index (κ1) is 18.7. The van der Waals surface area contributed by atoms with Crippen LogP contribution in [-0.4, -0.2) is 45.1 Å². The van der Waals surface area contributed by atoms with E-state index in [1.165, 1.54) is 11.9 Å². The molecule has 1 aliphatic rings. The van der Waals surface area contributed by atoms with Crippen molar-refractivity contribution in [3.63, 3.8) is 0 Å². The maximum atomic E-state index is 12.6. The van der Waals surface area contributed by atoms with Gasteiger partial charge in [0.25, 0.3) is 5.91 Å². The molecule has 0 saturated carbocycles. The van der Waals surface area contributed by atoms with Crippen LogP contribution in [0.2, 0.25) is 0 Å². The summed E-state index contributed by atoms with van der Waals surface area (Å²) in [7, 11) is 0. The van der Waals surface area contributed by atoms with Crippen molar-refractivity contribution < 1.29 is 4.79 Å². The smallest absolute Gasteiger partial charge is 0.251 e. The number of H-pyrrole nitrogens is 1. The van der Waals surface area contributed by atoms with Gasteiger partial charge in [0.05, 0.1) is 0 Å². The maximum absolute atomic E-state index is 12.6. The molecule has 1 aliphatic heterocycles. The summed E-state index contributed by atoms with van der Waals surface area (Å²) in [6.45, 7) is 2.84. The van der Waals surface area contributed by atoms with Gasteiger partial charge >= 0.3 is 0 Å². The van der Waals surface area contributed by atoms with E-state index in [0.717, 1.165) is 42.5 Å². The van der Waals surface area contributed by atoms with Gasteiger partial charge in [-0.2, -0.15) is 5.10 Å². The Bertz CT molecular complexity index is 883. The predicted molar refractivity (Wildman–Crippen MR) is 110 cm³/mol. The van der Waals surface area contributed by atoms with E-state index in [9.17, 15) is 4.79 Å². The van der Waals surface area contributed by atoms with Crippen molar-refractivity contribution in [3.8, 4) is 0 Å². The van der Waals surface area contributed by atoms with E-state index in [2.05, 4.69) is 49.7 Å². The number of hydrogen-bond acceptors (Lipinski definition) is 5. The molecule has 144 valence electrons. The summed E-state index contributed by atoms with van der Waals surface area (Å²) >= 11 is 1.59. The molecule has 2 aromatic carbocycles. The Morgan fingerprint density at radius 1 is 1.14 bits per heavy atom. The van der Waals surface area contributed by atoms with Crippen molar-refractivity contribution in [3.05, 3.63) is 77.6 Å². The molecule has 4 rings (SSSR count). The Hall–Kier alpha value is -2.64. The van der Waals surface area contributed by atoms with E-state index in [-0.39, 0.29) is 11.9 Å². The molecule has 1 atom stereocenters. The Labute approximate surface area is 168 Å². The number of rotatable bonds is 7. The first-order chi connectivity index (χ1) is 13.8. The number of hydrogen-bond donors (Lipinski definition) is 2. The van der Waals surface area contributed by atoms with E-state index < -0.39 is 0 Å². The van der Waals surface area contributed by atoms with E-state index in [1.807, 2.05) is 30.3 Å². The number of nitrogens with one attached hydrogen (secondary N) is 2. The standard InChI is InChI=1S/C21H23N5OS/c27-20(18-8-6-17(7-9-18)14-28-21-22-15-23-25-21)24-19-10-11-26(13-19)12-16-4-2-1-3-5-16/h1-9,15,19H,10-14H2,(H,24,27)(H,22,23,25)/t19-/m0/s1. The zero-order valence-corrected chi connectivity index (χ0v) is 16.4. The minimum atomic E-state index is 0.000925. The summed E-state index contributed by atoms with van der Waals surface area (Å²) in [5.74, 6) is 0.787. The summed E-state index contributed by atoms with van der Waals surface area (Å²) in [4.78, 5) is 19.1. The molecule has 1 fully saturated rings. The molecular weight excluding hydrogens is 370 g/mol. The summed E-state index contributed by atoms with van der Waals surface area (Å²) in [5.41, 5.74) is 3.16. The second-order valence-corrected chi connectivity index (χ2v) is 7.92. The minimum Gasteiger partial charge on any atom is -0.348 e. The molecule has 6 nitrogen and oxygen atoms in total. The molecule has 1 saturated heterocycles. The number of likely N-dealkylation sites (tertiary alicyclic amines) is 1. The highest BCUT2D eigenvalue weighted by molar-refractivity contribution is 7.98. The van der Waals surface area contributed by atoms with E-state index >= 15 is 0 Å². The van der Waals surface area contributed by atoms with Gasteiger partial charge in [0.1, 0.15) is 6.33 Å². The highest BCUT2D eigenvalue weighted by atomic mass is 32.2. The lowest BCUT2D eigenvalue weighted by Gasteiger charge is -2.17. The Kier molecular flexibility index (Phi) is 6.04. The largest absolute Gasteiger partial charge is 0.348 e. The van der Waals surface area contributed by atoms with Crippen LogP contribution in [0.3, 0.4) is 0 Å². The summed E-state index contributed by atoms with van der Waals surface area (Å²) in [6.07, 6.45) is 2.49. The van der Waals surface area contributed by atoms with Crippen molar-refractivity contribution >= 4 is 17.7 Å². The molecule has 0 unspecified atom stereocenters. The Morgan fingerprint density at radius 2 is 1.96 bits per heavy atom. The van der Waals surface area contributed by atoms with E-state index in [4.69, 9.17) is 0 Å². The first-order valence-electron chi connectivity index (χ1n) is 9.40. The van der Waals surface area contributed by atoms with Crippen molar-refractivity contribution in [2.75, 3.05) is 13.1 Å². The lowest BCUT2D eigenvalue weighted by Crippen LogP contribution is -2.36. The minimum absolute atomic E-state index is 0.000925. The zero-order chi connectivity index (χ0) is 19.2. The number of thioether (sulfide) groups is 1. The number of aromatic nitrogens is 3. The molecule has 1 aromatic heterocycles. The lowest BCUT2D eigenvalue weighted by molar-refractivity contribution is 0.0937. The van der Waals surface area contributed by atoms with Crippen LogP contribution >= 0.6 is 11.8 Å². The van der Waals surface area contributed by atoms with Gasteiger partial charge in [0.2, 0.25) is 0 Å². The SMILES string of the molecule is O=C(N[C@H]1CCN(Cc2ccccc2)C1)c1ccc(CSc2ncn[nH]2)cc1. The summed E-state index contributed by atoms with van der Waals surface area (Å²) in [6, 6.07) is 18.4. The molecule has 7 heteroatoms. The van der Waals surface area contributed by atoms with Gasteiger partial charge in [-0.3, -0.25) is 14.8 Å². The molecule has 1 amide bonds. The number of nitrogens with zero attached hydrogens (tertiary/aromatic N) is 3. The lowest BCUT2D eigenvalue weighted by atomic mass is 10.1. The molecule has 2 heterocycles. The molecule has 0 radical (unpaired) electrons. The van der Waals surface area contributed by atoms with Gasteiger partial charge in [0, 0.05) is 37.0 Å². The van der Waals surface area contributed by atoms with Crippen LogP contribution in [0, 0.1) is 0 Å². The summed E-state index contributed by atoms with van der Waals surface area (Å²) in [5, 5.41) is 10.6. The van der Waals surface area contributed by atoms with Crippen LogP contribution in [0.4, 0.5) is 0 Å². The average Bonchev–Trinajstić information content (AvgIpc) is 3.40. The van der Waals surface area contributed by atoms with Gasteiger partial charge in [0.15, 0.2) is 5.16 Å². The second kappa shape index (κ2) is 9.03. The fourth-order valence-corrected chi connectivity index (χ4v) is 4.11. The van der Waals surface area contributed by atoms with Crippen LogP contribution in [0.1, 0.15) is 27.9 Å². The molecule has 2 N–H and O–H groups in total. The maximum Gasteiger partial charge on any atom is 0.251 e. The second-order valence-electron chi connectivity index (χ2n) is 6.96. The number of carbonyl (C=O) groups is 1. The summed E-state index contributed by atoms with van der Waals surface area (Å²) < 4.78 is 0. The first-order valence-corrected chi connectivity index (χ1v) is 10.4. The third-order valence-electron chi connectivity index (χ3n) is 4.84. The van der Waals surface area contributed by atoms with Crippen molar-refractivity contribution in [2.24, 2.45) is 0 Å². The molecular formula is C21H23N5OS. The van der Waals surface area contributed by atoms with Crippen molar-refractivity contribution in [1.82, 2.24) is 25.4 Å². The normalized spacial score (nSPS) is 16.9. The topological polar surface area (TPSA) is 73.9 Å². The Balaban J connectivity index is 1.25. The van der Waals surface area contributed by atoms with Gasteiger partial charge in [-0.15, -0.1) is 0 Å². The number of benzene rings is 2. The molecule has 3 aromatic rings. The van der Waals surface area contributed by atoms with Crippen molar-refractivity contribution in [2.45, 2.75) is 29.9 Å². The third kappa shape index (κ3) is 4.99. The number of carbonyl (C=O) groups excluding carboxylic acids is 1. The Morgan fingerprint density at radius 3 is 2.71 bits per heavy atom. The van der Waals surface area contributed by atoms with Gasteiger partial charge in [-0.25, -0.2) is 4.98 Å². The monoisotopic (exact) mass is 393 g/mol. The molecule has 28 heavy (non-hydrogen) atoms. The quantitative estimate of drug-likeness (QED) is 0.604. The van der Waals surface area contributed by atoms with E-state index in [1.54, 1.807) is 11.8 Å². The van der Waals surface area contributed by atoms with E-state index in [0.29, 0.717) is 5.56 Å².